The third-order valence-electron chi connectivity index (χ3n) is 4.03. The molecule has 0 saturated carbocycles. The summed E-state index contributed by atoms with van der Waals surface area (Å²) < 4.78 is 6.67. The summed E-state index contributed by atoms with van der Waals surface area (Å²) in [5, 5.41) is 3.16. The highest BCUT2D eigenvalue weighted by Gasteiger charge is 2.16. The number of carbonyl (C=O) groups excluding carboxylic acids is 1. The Labute approximate surface area is 151 Å². The van der Waals surface area contributed by atoms with Gasteiger partial charge in [-0.25, -0.2) is 4.79 Å². The quantitative estimate of drug-likeness (QED) is 0.771. The number of anilines is 1. The van der Waals surface area contributed by atoms with Crippen LogP contribution in [0.4, 0.5) is 5.82 Å². The Hall–Kier alpha value is -3.03. The van der Waals surface area contributed by atoms with Gasteiger partial charge in [0.05, 0.1) is 6.04 Å². The van der Waals surface area contributed by atoms with Gasteiger partial charge in [0.2, 0.25) is 0 Å². The van der Waals surface area contributed by atoms with E-state index in [0.717, 1.165) is 10.1 Å². The smallest absolute Gasteiger partial charge is 0.329 e. The van der Waals surface area contributed by atoms with E-state index in [9.17, 15) is 14.4 Å². The fourth-order valence-corrected chi connectivity index (χ4v) is 2.39. The Kier molecular flexibility index (Phi) is 6.21. The molecule has 1 aromatic heterocycles. The fourth-order valence-electron chi connectivity index (χ4n) is 2.39. The highest BCUT2D eigenvalue weighted by molar-refractivity contribution is 5.77. The monoisotopic (exact) mass is 360 g/mol. The molecule has 26 heavy (non-hydrogen) atoms. The lowest BCUT2D eigenvalue weighted by Crippen LogP contribution is -2.33. The topological polar surface area (TPSA) is 96.4 Å². The second-order valence-electron chi connectivity index (χ2n) is 6.11. The Morgan fingerprint density at radius 1 is 1.31 bits per heavy atom. The van der Waals surface area contributed by atoms with E-state index in [1.54, 1.807) is 20.2 Å². The van der Waals surface area contributed by atoms with Crippen LogP contribution in [0, 0.1) is 0 Å². The molecular weight excluding hydrogens is 336 g/mol. The molecule has 0 spiro atoms. The minimum atomic E-state index is -0.490. The molecule has 1 unspecified atom stereocenters. The average molecular weight is 360 g/mol. The molecule has 2 rings (SSSR count). The van der Waals surface area contributed by atoms with Crippen molar-refractivity contribution in [1.82, 2.24) is 14.5 Å². The van der Waals surface area contributed by atoms with E-state index in [1.165, 1.54) is 18.0 Å². The van der Waals surface area contributed by atoms with Crippen molar-refractivity contribution in [2.45, 2.75) is 19.4 Å². The summed E-state index contributed by atoms with van der Waals surface area (Å²) in [5.74, 6) is 0.772. The summed E-state index contributed by atoms with van der Waals surface area (Å²) in [6.07, 6.45) is 0.680. The van der Waals surface area contributed by atoms with E-state index in [4.69, 9.17) is 4.74 Å². The van der Waals surface area contributed by atoms with Gasteiger partial charge in [0.1, 0.15) is 11.6 Å². The highest BCUT2D eigenvalue weighted by Crippen LogP contribution is 2.29. The van der Waals surface area contributed by atoms with Gasteiger partial charge in [-0.1, -0.05) is 25.1 Å². The summed E-state index contributed by atoms with van der Waals surface area (Å²) in [4.78, 5) is 39.5. The van der Waals surface area contributed by atoms with Crippen molar-refractivity contribution in [1.29, 1.82) is 0 Å². The summed E-state index contributed by atoms with van der Waals surface area (Å²) in [7, 11) is 4.74. The van der Waals surface area contributed by atoms with Gasteiger partial charge in [-0.2, -0.15) is 0 Å². The van der Waals surface area contributed by atoms with Gasteiger partial charge < -0.3 is 15.0 Å². The summed E-state index contributed by atoms with van der Waals surface area (Å²) in [6, 6.07) is 8.50. The van der Waals surface area contributed by atoms with Crippen LogP contribution in [0.2, 0.25) is 0 Å². The van der Waals surface area contributed by atoms with Gasteiger partial charge in [0, 0.05) is 32.8 Å². The minimum Gasteiger partial charge on any atom is -0.483 e. The molecule has 0 aliphatic heterocycles. The number of amides is 1. The lowest BCUT2D eigenvalue weighted by Gasteiger charge is -2.21. The molecule has 0 saturated heterocycles. The number of benzene rings is 1. The van der Waals surface area contributed by atoms with Gasteiger partial charge in [0.15, 0.2) is 6.61 Å². The number of hydrogen-bond donors (Lipinski definition) is 2. The van der Waals surface area contributed by atoms with Crippen molar-refractivity contribution in [3.63, 3.8) is 0 Å². The van der Waals surface area contributed by atoms with E-state index in [1.807, 2.05) is 25.1 Å². The van der Waals surface area contributed by atoms with Crippen LogP contribution in [-0.4, -0.2) is 41.1 Å². The van der Waals surface area contributed by atoms with Crippen molar-refractivity contribution in [3.8, 4) is 5.75 Å². The van der Waals surface area contributed by atoms with E-state index < -0.39 is 11.2 Å². The molecule has 1 amide bonds. The molecule has 1 aromatic carbocycles. The normalized spacial score (nSPS) is 11.7. The molecular formula is C18H24N4O4. The number of rotatable bonds is 7. The van der Waals surface area contributed by atoms with Crippen molar-refractivity contribution >= 4 is 11.7 Å². The standard InChI is InChI=1S/C18H24N4O4/c1-5-13(19-15-10-16(23)22(4)18(25)20-15)12-8-6-7-9-14(12)26-11-17(24)21(2)3/h6-10,13,19H,5,11H2,1-4H3,(H,20,25). The maximum absolute atomic E-state index is 11.8. The first-order valence-corrected chi connectivity index (χ1v) is 8.32. The third-order valence-corrected chi connectivity index (χ3v) is 4.03. The molecule has 0 fully saturated rings. The zero-order valence-electron chi connectivity index (χ0n) is 15.4. The van der Waals surface area contributed by atoms with Crippen LogP contribution in [-0.2, 0) is 11.8 Å². The number of aromatic nitrogens is 2. The van der Waals surface area contributed by atoms with E-state index in [2.05, 4.69) is 10.3 Å². The first-order valence-electron chi connectivity index (χ1n) is 8.32. The summed E-state index contributed by atoms with van der Waals surface area (Å²) in [6.45, 7) is 1.90. The maximum Gasteiger partial charge on any atom is 0.329 e. The van der Waals surface area contributed by atoms with Crippen molar-refractivity contribution in [2.75, 3.05) is 26.0 Å². The third kappa shape index (κ3) is 4.53. The maximum atomic E-state index is 11.8. The number of hydrogen-bond acceptors (Lipinski definition) is 5. The lowest BCUT2D eigenvalue weighted by atomic mass is 10.0. The fraction of sp³-hybridized carbons (Fsp3) is 0.389. The van der Waals surface area contributed by atoms with Crippen LogP contribution >= 0.6 is 0 Å². The molecule has 0 bridgehead atoms. The number of carbonyl (C=O) groups is 1. The number of ether oxygens (including phenoxy) is 1. The Bertz CT molecular complexity index is 854. The predicted octanol–water partition coefficient (Wildman–Crippen LogP) is 1.10. The number of nitrogens with zero attached hydrogens (tertiary/aromatic N) is 2. The van der Waals surface area contributed by atoms with Gasteiger partial charge in [-0.05, 0) is 12.5 Å². The molecule has 0 radical (unpaired) electrons. The Morgan fingerprint density at radius 3 is 2.62 bits per heavy atom. The van der Waals surface area contributed by atoms with E-state index >= 15 is 0 Å². The highest BCUT2D eigenvalue weighted by atomic mass is 16.5. The second-order valence-corrected chi connectivity index (χ2v) is 6.11. The summed E-state index contributed by atoms with van der Waals surface area (Å²) >= 11 is 0. The zero-order valence-corrected chi connectivity index (χ0v) is 15.4. The van der Waals surface area contributed by atoms with Gasteiger partial charge in [-0.3, -0.25) is 19.1 Å². The molecule has 140 valence electrons. The predicted molar refractivity (Wildman–Crippen MR) is 99.6 cm³/mol. The van der Waals surface area contributed by atoms with Gasteiger partial charge in [-0.15, -0.1) is 0 Å². The molecule has 2 N–H and O–H groups in total. The van der Waals surface area contributed by atoms with Crippen LogP contribution in [0.15, 0.2) is 39.9 Å². The molecule has 0 aliphatic rings. The van der Waals surface area contributed by atoms with Gasteiger partial charge in [0.25, 0.3) is 11.5 Å². The minimum absolute atomic E-state index is 0.0663. The molecule has 2 aromatic rings. The molecule has 1 heterocycles. The van der Waals surface area contributed by atoms with Crippen molar-refractivity contribution in [2.24, 2.45) is 7.05 Å². The van der Waals surface area contributed by atoms with E-state index in [0.29, 0.717) is 18.0 Å². The van der Waals surface area contributed by atoms with Gasteiger partial charge >= 0.3 is 5.69 Å². The van der Waals surface area contributed by atoms with Crippen molar-refractivity contribution < 1.29 is 9.53 Å². The molecule has 1 atom stereocenters. The Morgan fingerprint density at radius 2 is 2.00 bits per heavy atom. The average Bonchev–Trinajstić information content (AvgIpc) is 2.62. The van der Waals surface area contributed by atoms with Crippen LogP contribution in [0.5, 0.6) is 5.75 Å². The number of likely N-dealkylation sites (N-methyl/N-ethyl adjacent to an activating group) is 1. The first-order chi connectivity index (χ1) is 12.3. The molecule has 8 nitrogen and oxygen atoms in total. The van der Waals surface area contributed by atoms with Crippen LogP contribution < -0.4 is 21.3 Å². The summed E-state index contributed by atoms with van der Waals surface area (Å²) in [5.41, 5.74) is -0.0498. The first kappa shape index (κ1) is 19.3. The number of aromatic amines is 1. The van der Waals surface area contributed by atoms with Crippen LogP contribution in [0.3, 0.4) is 0 Å². The van der Waals surface area contributed by atoms with Crippen molar-refractivity contribution in [3.05, 3.63) is 56.7 Å². The Balaban J connectivity index is 2.26. The SMILES string of the molecule is CCC(Nc1cc(=O)n(C)c(=O)[nH]1)c1ccccc1OCC(=O)N(C)C. The van der Waals surface area contributed by atoms with Crippen LogP contribution in [0.1, 0.15) is 24.9 Å². The number of nitrogens with one attached hydrogen (secondary N) is 2. The number of H-pyrrole nitrogens is 1. The number of para-hydroxylation sites is 1. The van der Waals surface area contributed by atoms with Crippen LogP contribution in [0.25, 0.3) is 0 Å². The largest absolute Gasteiger partial charge is 0.483 e. The molecule has 0 aliphatic carbocycles. The molecule has 8 heteroatoms. The second kappa shape index (κ2) is 8.37. The van der Waals surface area contributed by atoms with E-state index in [-0.39, 0.29) is 18.6 Å². The lowest BCUT2D eigenvalue weighted by molar-refractivity contribution is -0.130. The zero-order chi connectivity index (χ0) is 19.3.